The summed E-state index contributed by atoms with van der Waals surface area (Å²) in [6.45, 7) is 2.44. The number of carboxylic acids is 1. The van der Waals surface area contributed by atoms with Crippen molar-refractivity contribution in [1.82, 2.24) is 5.32 Å². The molecule has 23 heavy (non-hydrogen) atoms. The number of nitrogens with one attached hydrogen (secondary N) is 1. The second-order valence-corrected chi connectivity index (χ2v) is 4.69. The number of carboxylic acid groups (broad SMARTS) is 1. The number of hydrogen-bond acceptors (Lipinski definition) is 3. The number of aliphatic carboxylic acids is 1. The van der Waals surface area contributed by atoms with Gasteiger partial charge in [-0.3, -0.25) is 4.79 Å². The SMILES string of the molecule is CCOc1ccc(/C=C(/NC(=O)c2ccccc2)C(=O)O)cc1. The van der Waals surface area contributed by atoms with Crippen molar-refractivity contribution in [3.05, 3.63) is 71.4 Å². The van der Waals surface area contributed by atoms with E-state index in [1.54, 1.807) is 54.6 Å². The topological polar surface area (TPSA) is 75.6 Å². The summed E-state index contributed by atoms with van der Waals surface area (Å²) in [4.78, 5) is 23.4. The zero-order chi connectivity index (χ0) is 16.7. The Kier molecular flexibility index (Phi) is 5.52. The van der Waals surface area contributed by atoms with Crippen molar-refractivity contribution < 1.29 is 19.4 Å². The molecule has 0 heterocycles. The molecular formula is C18H17NO4. The first-order valence-electron chi connectivity index (χ1n) is 7.14. The maximum Gasteiger partial charge on any atom is 0.352 e. The van der Waals surface area contributed by atoms with Gasteiger partial charge in [-0.2, -0.15) is 0 Å². The highest BCUT2D eigenvalue weighted by Gasteiger charge is 2.13. The van der Waals surface area contributed by atoms with E-state index in [1.165, 1.54) is 6.08 Å². The molecule has 0 saturated carbocycles. The molecule has 0 spiro atoms. The van der Waals surface area contributed by atoms with Crippen LogP contribution in [0.1, 0.15) is 22.8 Å². The first kappa shape index (κ1) is 16.3. The fourth-order valence-electron chi connectivity index (χ4n) is 1.93. The quantitative estimate of drug-likeness (QED) is 0.804. The zero-order valence-electron chi connectivity index (χ0n) is 12.7. The van der Waals surface area contributed by atoms with E-state index in [0.29, 0.717) is 23.5 Å². The molecule has 2 rings (SSSR count). The molecule has 5 heteroatoms. The molecule has 2 aromatic carbocycles. The lowest BCUT2D eigenvalue weighted by Gasteiger charge is -2.07. The van der Waals surface area contributed by atoms with Crippen LogP contribution in [0, 0.1) is 0 Å². The predicted octanol–water partition coefficient (Wildman–Crippen LogP) is 2.94. The van der Waals surface area contributed by atoms with Gasteiger partial charge < -0.3 is 15.2 Å². The third-order valence-electron chi connectivity index (χ3n) is 3.02. The normalized spacial score (nSPS) is 10.9. The van der Waals surface area contributed by atoms with Crippen LogP contribution in [0.15, 0.2) is 60.3 Å². The van der Waals surface area contributed by atoms with E-state index in [1.807, 2.05) is 6.92 Å². The second-order valence-electron chi connectivity index (χ2n) is 4.69. The molecule has 0 unspecified atom stereocenters. The van der Waals surface area contributed by atoms with Gasteiger partial charge in [0.15, 0.2) is 0 Å². The van der Waals surface area contributed by atoms with Gasteiger partial charge in [0.05, 0.1) is 6.61 Å². The lowest BCUT2D eigenvalue weighted by molar-refractivity contribution is -0.132. The lowest BCUT2D eigenvalue weighted by Crippen LogP contribution is -2.27. The standard InChI is InChI=1S/C18H17NO4/c1-2-23-15-10-8-13(9-11-15)12-16(18(21)22)19-17(20)14-6-4-3-5-7-14/h3-12H,2H2,1H3,(H,19,20)(H,21,22)/b16-12+. The Morgan fingerprint density at radius 2 is 1.74 bits per heavy atom. The Morgan fingerprint density at radius 3 is 2.30 bits per heavy atom. The van der Waals surface area contributed by atoms with Crippen molar-refractivity contribution in [1.29, 1.82) is 0 Å². The molecular weight excluding hydrogens is 294 g/mol. The molecule has 0 atom stereocenters. The predicted molar refractivity (Wildman–Crippen MR) is 87.1 cm³/mol. The molecule has 0 aromatic heterocycles. The van der Waals surface area contributed by atoms with Crippen molar-refractivity contribution in [3.63, 3.8) is 0 Å². The van der Waals surface area contributed by atoms with E-state index in [0.717, 1.165) is 0 Å². The third kappa shape index (κ3) is 4.71. The average Bonchev–Trinajstić information content (AvgIpc) is 2.57. The molecule has 2 N–H and O–H groups in total. The smallest absolute Gasteiger partial charge is 0.352 e. The molecule has 0 aliphatic carbocycles. The highest BCUT2D eigenvalue weighted by Crippen LogP contribution is 2.14. The molecule has 0 radical (unpaired) electrons. The first-order valence-corrected chi connectivity index (χ1v) is 7.14. The second kappa shape index (κ2) is 7.79. The Bertz CT molecular complexity index is 706. The van der Waals surface area contributed by atoms with Crippen LogP contribution in [0.3, 0.4) is 0 Å². The molecule has 1 amide bonds. The van der Waals surface area contributed by atoms with E-state index >= 15 is 0 Å². The summed E-state index contributed by atoms with van der Waals surface area (Å²) < 4.78 is 5.33. The molecule has 0 bridgehead atoms. The number of amides is 1. The molecule has 118 valence electrons. The van der Waals surface area contributed by atoms with Gasteiger partial charge in [-0.25, -0.2) is 4.79 Å². The van der Waals surface area contributed by atoms with Crippen LogP contribution in [-0.4, -0.2) is 23.6 Å². The third-order valence-corrected chi connectivity index (χ3v) is 3.02. The van der Waals surface area contributed by atoms with E-state index < -0.39 is 11.9 Å². The fraction of sp³-hybridized carbons (Fsp3) is 0.111. The summed E-state index contributed by atoms with van der Waals surface area (Å²) in [7, 11) is 0. The van der Waals surface area contributed by atoms with Crippen molar-refractivity contribution in [3.8, 4) is 5.75 Å². The fourth-order valence-corrected chi connectivity index (χ4v) is 1.93. The monoisotopic (exact) mass is 311 g/mol. The maximum absolute atomic E-state index is 12.1. The van der Waals surface area contributed by atoms with Gasteiger partial charge >= 0.3 is 5.97 Å². The Balaban J connectivity index is 2.17. The van der Waals surface area contributed by atoms with Crippen LogP contribution in [0.2, 0.25) is 0 Å². The van der Waals surface area contributed by atoms with Crippen LogP contribution >= 0.6 is 0 Å². The van der Waals surface area contributed by atoms with Gasteiger partial charge in [-0.05, 0) is 42.8 Å². The molecule has 2 aromatic rings. The Hall–Kier alpha value is -3.08. The summed E-state index contributed by atoms with van der Waals surface area (Å²) in [6.07, 6.45) is 1.40. The minimum atomic E-state index is -1.21. The van der Waals surface area contributed by atoms with Crippen LogP contribution in [-0.2, 0) is 4.79 Å². The summed E-state index contributed by atoms with van der Waals surface area (Å²) >= 11 is 0. The Labute approximate surface area is 134 Å². The highest BCUT2D eigenvalue weighted by molar-refractivity contribution is 6.02. The van der Waals surface area contributed by atoms with Crippen LogP contribution in [0.5, 0.6) is 5.75 Å². The summed E-state index contributed by atoms with van der Waals surface area (Å²) in [5.41, 5.74) is 0.855. The molecule has 0 saturated heterocycles. The number of carbonyl (C=O) groups is 2. The summed E-state index contributed by atoms with van der Waals surface area (Å²) in [5.74, 6) is -0.969. The van der Waals surface area contributed by atoms with Crippen molar-refractivity contribution >= 4 is 18.0 Å². The first-order chi connectivity index (χ1) is 11.1. The van der Waals surface area contributed by atoms with Gasteiger partial charge in [0.25, 0.3) is 5.91 Å². The number of carbonyl (C=O) groups excluding carboxylic acids is 1. The average molecular weight is 311 g/mol. The minimum absolute atomic E-state index is 0.192. The van der Waals surface area contributed by atoms with Crippen molar-refractivity contribution in [2.24, 2.45) is 0 Å². The van der Waals surface area contributed by atoms with Crippen molar-refractivity contribution in [2.45, 2.75) is 6.92 Å². The molecule has 5 nitrogen and oxygen atoms in total. The summed E-state index contributed by atoms with van der Waals surface area (Å²) in [6, 6.07) is 15.4. The molecule has 0 aliphatic rings. The van der Waals surface area contributed by atoms with Gasteiger partial charge in [0.2, 0.25) is 0 Å². The molecule has 0 fully saturated rings. The van der Waals surface area contributed by atoms with E-state index in [9.17, 15) is 14.7 Å². The van der Waals surface area contributed by atoms with Gasteiger partial charge in [0.1, 0.15) is 11.4 Å². The van der Waals surface area contributed by atoms with Gasteiger partial charge in [-0.1, -0.05) is 30.3 Å². The minimum Gasteiger partial charge on any atom is -0.494 e. The van der Waals surface area contributed by atoms with E-state index in [-0.39, 0.29) is 5.70 Å². The van der Waals surface area contributed by atoms with Gasteiger partial charge in [-0.15, -0.1) is 0 Å². The maximum atomic E-state index is 12.1. The van der Waals surface area contributed by atoms with Crippen molar-refractivity contribution in [2.75, 3.05) is 6.61 Å². The Morgan fingerprint density at radius 1 is 1.09 bits per heavy atom. The largest absolute Gasteiger partial charge is 0.494 e. The van der Waals surface area contributed by atoms with E-state index in [2.05, 4.69) is 5.32 Å². The van der Waals surface area contributed by atoms with E-state index in [4.69, 9.17) is 4.74 Å². The lowest BCUT2D eigenvalue weighted by atomic mass is 10.1. The highest BCUT2D eigenvalue weighted by atomic mass is 16.5. The number of benzene rings is 2. The van der Waals surface area contributed by atoms with Crippen LogP contribution in [0.4, 0.5) is 0 Å². The van der Waals surface area contributed by atoms with Crippen LogP contribution in [0.25, 0.3) is 6.08 Å². The summed E-state index contributed by atoms with van der Waals surface area (Å²) in [5, 5.41) is 11.7. The zero-order valence-corrected chi connectivity index (χ0v) is 12.7. The number of ether oxygens (including phenoxy) is 1. The van der Waals surface area contributed by atoms with Crippen LogP contribution < -0.4 is 10.1 Å². The molecule has 0 aliphatic heterocycles. The van der Waals surface area contributed by atoms with Gasteiger partial charge in [0, 0.05) is 5.56 Å². The number of rotatable bonds is 6. The number of hydrogen-bond donors (Lipinski definition) is 2.